The molecule has 0 amide bonds. The Kier molecular flexibility index (Phi) is 5.78. The number of benzene rings is 1. The van der Waals surface area contributed by atoms with Crippen LogP contribution in [0.25, 0.3) is 0 Å². The second-order valence-corrected chi connectivity index (χ2v) is 6.91. The zero-order chi connectivity index (χ0) is 14.5. The van der Waals surface area contributed by atoms with Gasteiger partial charge in [0.15, 0.2) is 5.17 Å². The molecule has 0 bridgehead atoms. The molecule has 3 nitrogen and oxygen atoms in total. The summed E-state index contributed by atoms with van der Waals surface area (Å²) in [6.45, 7) is 3.15. The van der Waals surface area contributed by atoms with Crippen LogP contribution in [0.5, 0.6) is 5.75 Å². The van der Waals surface area contributed by atoms with Gasteiger partial charge >= 0.3 is 0 Å². The van der Waals surface area contributed by atoms with Gasteiger partial charge in [0.05, 0.1) is 13.7 Å². The second kappa shape index (κ2) is 7.36. The Morgan fingerprint density at radius 1 is 1.50 bits per heavy atom. The lowest BCUT2D eigenvalue weighted by atomic mass is 10.1. The first-order chi connectivity index (χ1) is 9.65. The van der Waals surface area contributed by atoms with Crippen LogP contribution in [0.15, 0.2) is 29.3 Å². The quantitative estimate of drug-likeness (QED) is 0.755. The fourth-order valence-electron chi connectivity index (χ4n) is 2.19. The third-order valence-electron chi connectivity index (χ3n) is 3.55. The molecule has 1 aliphatic heterocycles. The number of likely N-dealkylation sites (N-methyl/N-ethyl adjacent to an activating group) is 1. The molecule has 5 heteroatoms. The van der Waals surface area contributed by atoms with E-state index in [4.69, 9.17) is 4.74 Å². The van der Waals surface area contributed by atoms with E-state index in [9.17, 15) is 0 Å². The first-order valence-electron chi connectivity index (χ1n) is 6.77. The maximum absolute atomic E-state index is 5.43. The predicted octanol–water partition coefficient (Wildman–Crippen LogP) is 3.42. The Hall–Kier alpha value is -0.680. The molecule has 0 aromatic heterocycles. The Balaban J connectivity index is 1.99. The highest BCUT2D eigenvalue weighted by Gasteiger charge is 2.24. The first kappa shape index (κ1) is 15.7. The molecular formula is C15H21BrN2OS. The number of methoxy groups -OCH3 is 1. The molecule has 0 radical (unpaired) electrons. The average Bonchev–Trinajstić information content (AvgIpc) is 2.95. The first-order valence-corrected chi connectivity index (χ1v) is 8.77. The number of aliphatic imine (C=N–C) groups is 1. The monoisotopic (exact) mass is 356 g/mol. The summed E-state index contributed by atoms with van der Waals surface area (Å²) in [5, 5.41) is 2.72. The molecule has 1 aromatic carbocycles. The van der Waals surface area contributed by atoms with Crippen molar-refractivity contribution < 1.29 is 4.74 Å². The topological polar surface area (TPSA) is 24.8 Å². The summed E-state index contributed by atoms with van der Waals surface area (Å²) >= 11 is 5.40. The molecule has 2 atom stereocenters. The second-order valence-electron chi connectivity index (χ2n) is 4.99. The van der Waals surface area contributed by atoms with E-state index in [0.29, 0.717) is 11.3 Å². The highest BCUT2D eigenvalue weighted by atomic mass is 79.9. The Morgan fingerprint density at radius 3 is 2.90 bits per heavy atom. The molecule has 0 N–H and O–H groups in total. The van der Waals surface area contributed by atoms with Crippen LogP contribution in [0.3, 0.4) is 0 Å². The van der Waals surface area contributed by atoms with Gasteiger partial charge in [0, 0.05) is 23.7 Å². The summed E-state index contributed by atoms with van der Waals surface area (Å²) in [6, 6.07) is 8.62. The lowest BCUT2D eigenvalue weighted by Gasteiger charge is -2.27. The summed E-state index contributed by atoms with van der Waals surface area (Å²) in [4.78, 5) is 6.92. The van der Waals surface area contributed by atoms with Gasteiger partial charge in [-0.3, -0.25) is 4.99 Å². The number of alkyl halides is 1. The van der Waals surface area contributed by atoms with Crippen molar-refractivity contribution in [1.82, 2.24) is 4.90 Å². The number of amidine groups is 1. The summed E-state index contributed by atoms with van der Waals surface area (Å²) < 4.78 is 5.43. The average molecular weight is 357 g/mol. The van der Waals surface area contributed by atoms with Gasteiger partial charge < -0.3 is 9.64 Å². The molecule has 0 saturated heterocycles. The summed E-state index contributed by atoms with van der Waals surface area (Å²) in [7, 11) is 3.85. The fourth-order valence-corrected chi connectivity index (χ4v) is 3.80. The van der Waals surface area contributed by atoms with Crippen LogP contribution in [0.2, 0.25) is 0 Å². The molecule has 1 heterocycles. The Labute approximate surface area is 133 Å². The van der Waals surface area contributed by atoms with Crippen LogP contribution < -0.4 is 4.74 Å². The van der Waals surface area contributed by atoms with E-state index in [1.807, 2.05) is 23.9 Å². The van der Waals surface area contributed by atoms with Crippen molar-refractivity contribution in [3.8, 4) is 5.75 Å². The van der Waals surface area contributed by atoms with Crippen molar-refractivity contribution in [3.05, 3.63) is 29.8 Å². The Morgan fingerprint density at radius 2 is 2.25 bits per heavy atom. The van der Waals surface area contributed by atoms with Crippen molar-refractivity contribution in [1.29, 1.82) is 0 Å². The fraction of sp³-hybridized carbons (Fsp3) is 0.533. The van der Waals surface area contributed by atoms with E-state index >= 15 is 0 Å². The van der Waals surface area contributed by atoms with Crippen LogP contribution in [0.4, 0.5) is 0 Å². The van der Waals surface area contributed by atoms with Crippen LogP contribution in [0.1, 0.15) is 12.5 Å². The van der Waals surface area contributed by atoms with Gasteiger partial charge in [-0.1, -0.05) is 45.9 Å². The van der Waals surface area contributed by atoms with Gasteiger partial charge in [0.1, 0.15) is 5.75 Å². The summed E-state index contributed by atoms with van der Waals surface area (Å²) in [6.07, 6.45) is 0.957. The maximum Gasteiger partial charge on any atom is 0.159 e. The van der Waals surface area contributed by atoms with Gasteiger partial charge in [-0.05, 0) is 25.0 Å². The molecule has 110 valence electrons. The molecule has 0 saturated carbocycles. The molecule has 0 spiro atoms. The van der Waals surface area contributed by atoms with Crippen molar-refractivity contribution >= 4 is 32.9 Å². The molecule has 20 heavy (non-hydrogen) atoms. The molecule has 0 fully saturated rings. The molecule has 2 rings (SSSR count). The lowest BCUT2D eigenvalue weighted by molar-refractivity contribution is 0.377. The van der Waals surface area contributed by atoms with E-state index < -0.39 is 0 Å². The molecular weight excluding hydrogens is 336 g/mol. The van der Waals surface area contributed by atoms with Crippen LogP contribution in [-0.4, -0.2) is 47.4 Å². The van der Waals surface area contributed by atoms with E-state index in [-0.39, 0.29) is 0 Å². The third-order valence-corrected chi connectivity index (χ3v) is 6.03. The van der Waals surface area contributed by atoms with E-state index in [1.54, 1.807) is 7.11 Å². The minimum absolute atomic E-state index is 0.395. The van der Waals surface area contributed by atoms with Crippen molar-refractivity contribution in [3.63, 3.8) is 0 Å². The normalized spacial score (nSPS) is 19.6. The number of rotatable bonds is 5. The summed E-state index contributed by atoms with van der Waals surface area (Å²) in [5.74, 6) is 0.965. The standard InChI is InChI=1S/C15H21BrN2OS/c1-11(8-12-6-4-5-7-14(12)19-3)18(2)15-17-10-13(9-16)20-15/h4-7,11,13H,8-10H2,1-3H3. The van der Waals surface area contributed by atoms with Gasteiger partial charge in [-0.25, -0.2) is 0 Å². The van der Waals surface area contributed by atoms with Crippen molar-refractivity contribution in [2.45, 2.75) is 24.6 Å². The van der Waals surface area contributed by atoms with Crippen LogP contribution in [0, 0.1) is 0 Å². The van der Waals surface area contributed by atoms with Crippen LogP contribution in [-0.2, 0) is 6.42 Å². The molecule has 2 unspecified atom stereocenters. The van der Waals surface area contributed by atoms with Crippen molar-refractivity contribution in [2.75, 3.05) is 26.0 Å². The predicted molar refractivity (Wildman–Crippen MR) is 91.4 cm³/mol. The van der Waals surface area contributed by atoms with Gasteiger partial charge in [0.25, 0.3) is 0 Å². The molecule has 1 aliphatic rings. The SMILES string of the molecule is COc1ccccc1CC(C)N(C)C1=NCC(CBr)S1. The molecule has 0 aliphatic carbocycles. The number of para-hydroxylation sites is 1. The number of hydrogen-bond donors (Lipinski definition) is 0. The number of ether oxygens (including phenoxy) is 1. The van der Waals surface area contributed by atoms with E-state index in [1.165, 1.54) is 5.56 Å². The Bertz CT molecular complexity index is 481. The highest BCUT2D eigenvalue weighted by Crippen LogP contribution is 2.27. The lowest BCUT2D eigenvalue weighted by Crippen LogP contribution is -2.34. The smallest absolute Gasteiger partial charge is 0.159 e. The van der Waals surface area contributed by atoms with Gasteiger partial charge in [-0.15, -0.1) is 0 Å². The zero-order valence-electron chi connectivity index (χ0n) is 12.2. The number of hydrogen-bond acceptors (Lipinski definition) is 4. The number of nitrogens with zero attached hydrogens (tertiary/aromatic N) is 2. The maximum atomic E-state index is 5.43. The minimum atomic E-state index is 0.395. The van der Waals surface area contributed by atoms with Gasteiger partial charge in [-0.2, -0.15) is 0 Å². The van der Waals surface area contributed by atoms with E-state index in [0.717, 1.165) is 29.2 Å². The van der Waals surface area contributed by atoms with E-state index in [2.05, 4.69) is 51.9 Å². The van der Waals surface area contributed by atoms with Crippen molar-refractivity contribution in [2.24, 2.45) is 4.99 Å². The third kappa shape index (κ3) is 3.70. The minimum Gasteiger partial charge on any atom is -0.496 e. The van der Waals surface area contributed by atoms with Crippen LogP contribution >= 0.6 is 27.7 Å². The highest BCUT2D eigenvalue weighted by molar-refractivity contribution is 9.09. The molecule has 1 aromatic rings. The number of halogens is 1. The summed E-state index contributed by atoms with van der Waals surface area (Å²) in [5.41, 5.74) is 1.25. The zero-order valence-corrected chi connectivity index (χ0v) is 14.6. The van der Waals surface area contributed by atoms with Gasteiger partial charge in [0.2, 0.25) is 0 Å². The number of thioether (sulfide) groups is 1. The largest absolute Gasteiger partial charge is 0.496 e.